The number of hydrogen-bond acceptors (Lipinski definition) is 2. The predicted octanol–water partition coefficient (Wildman–Crippen LogP) is 2.58. The van der Waals surface area contributed by atoms with Gasteiger partial charge < -0.3 is 5.11 Å². The van der Waals surface area contributed by atoms with Crippen molar-refractivity contribution in [1.29, 1.82) is 0 Å². The van der Waals surface area contributed by atoms with Crippen LogP contribution < -0.4 is 0 Å². The largest absolute Gasteiger partial charge is 0.371 e. The van der Waals surface area contributed by atoms with Crippen LogP contribution in [0, 0.1) is 17.3 Å². The number of carbonyl (C=O) groups excluding carboxylic acids is 1. The average Bonchev–Trinajstić information content (AvgIpc) is 2.62. The highest BCUT2D eigenvalue weighted by Gasteiger charge is 2.44. The number of aliphatic hydroxyl groups is 1. The summed E-state index contributed by atoms with van der Waals surface area (Å²) in [6, 6.07) is 0. The van der Waals surface area contributed by atoms with Crippen molar-refractivity contribution in [1.82, 2.24) is 0 Å². The normalized spacial score (nSPS) is 34.6. The smallest absolute Gasteiger partial charge is 0.183 e. The molecule has 2 nitrogen and oxygen atoms in total. The molecule has 0 aromatic rings. The molecule has 2 aliphatic rings. The van der Waals surface area contributed by atoms with Crippen LogP contribution in [-0.4, -0.2) is 17.0 Å². The van der Waals surface area contributed by atoms with Crippen LogP contribution in [0.15, 0.2) is 0 Å². The third-order valence-electron chi connectivity index (χ3n) is 3.57. The monoisotopic (exact) mass is 218 g/mol. The van der Waals surface area contributed by atoms with E-state index in [1.807, 2.05) is 0 Å². The molecule has 0 heterocycles. The van der Waals surface area contributed by atoms with E-state index >= 15 is 0 Å². The van der Waals surface area contributed by atoms with Gasteiger partial charge in [-0.2, -0.15) is 0 Å². The Labute approximate surface area is 90.6 Å². The highest BCUT2D eigenvalue weighted by Crippen LogP contribution is 2.55. The Morgan fingerprint density at radius 3 is 2.21 bits per heavy atom. The average molecular weight is 219 g/mol. The molecule has 2 aliphatic carbocycles. The van der Waals surface area contributed by atoms with Gasteiger partial charge in [-0.3, -0.25) is 4.79 Å². The van der Waals surface area contributed by atoms with Crippen LogP contribution in [0.3, 0.4) is 0 Å². The number of aliphatic hydroxyl groups excluding tert-OH is 1. The molecular weight excluding hydrogens is 200 g/mol. The van der Waals surface area contributed by atoms with Crippen molar-refractivity contribution >= 4 is 17.9 Å². The van der Waals surface area contributed by atoms with Crippen molar-refractivity contribution in [3.8, 4) is 0 Å². The summed E-state index contributed by atoms with van der Waals surface area (Å²) in [6.07, 6.45) is 6.36. The van der Waals surface area contributed by atoms with Crippen LogP contribution in [0.4, 0.5) is 0 Å². The first-order valence-corrected chi connectivity index (χ1v) is 5.67. The van der Waals surface area contributed by atoms with E-state index in [1.165, 1.54) is 19.3 Å². The SMILES string of the molecule is CC1(C)CC2CCC1C2.O=CC(O)Cl. The molecule has 2 bridgehead atoms. The number of carbonyl (C=O) groups is 1. The van der Waals surface area contributed by atoms with Crippen molar-refractivity contribution in [2.75, 3.05) is 0 Å². The maximum Gasteiger partial charge on any atom is 0.183 e. The summed E-state index contributed by atoms with van der Waals surface area (Å²) in [7, 11) is 0. The van der Waals surface area contributed by atoms with Gasteiger partial charge in [0.2, 0.25) is 0 Å². The number of halogens is 1. The van der Waals surface area contributed by atoms with E-state index in [4.69, 9.17) is 9.90 Å². The Kier molecular flexibility index (Phi) is 3.96. The van der Waals surface area contributed by atoms with Crippen LogP contribution in [0.5, 0.6) is 0 Å². The Hall–Kier alpha value is -0.0800. The van der Waals surface area contributed by atoms with Crippen molar-refractivity contribution in [2.24, 2.45) is 17.3 Å². The van der Waals surface area contributed by atoms with E-state index in [2.05, 4.69) is 25.4 Å². The second-order valence-electron chi connectivity index (χ2n) is 5.08. The van der Waals surface area contributed by atoms with Crippen molar-refractivity contribution < 1.29 is 9.90 Å². The van der Waals surface area contributed by atoms with E-state index < -0.39 is 5.56 Å². The summed E-state index contributed by atoms with van der Waals surface area (Å²) >= 11 is 4.65. The first-order chi connectivity index (χ1) is 6.45. The van der Waals surface area contributed by atoms with Crippen LogP contribution in [0.1, 0.15) is 39.5 Å². The first kappa shape index (κ1) is 12.0. The summed E-state index contributed by atoms with van der Waals surface area (Å²) in [4.78, 5) is 9.12. The lowest BCUT2D eigenvalue weighted by Crippen LogP contribution is -2.19. The predicted molar refractivity (Wildman–Crippen MR) is 57.2 cm³/mol. The molecule has 2 saturated carbocycles. The molecular formula is C11H19ClO2. The molecule has 0 spiro atoms. The molecule has 0 amide bonds. The molecule has 3 heteroatoms. The van der Waals surface area contributed by atoms with E-state index in [0.717, 1.165) is 11.8 Å². The molecule has 0 saturated heterocycles. The standard InChI is InChI=1S/C9H16.C2H3ClO2/c1-9(2)6-7-3-4-8(9)5-7;3-2(5)1-4/h7-8H,3-6H2,1-2H3;1-2,5H. The highest BCUT2D eigenvalue weighted by molar-refractivity contribution is 6.26. The van der Waals surface area contributed by atoms with Crippen molar-refractivity contribution in [3.05, 3.63) is 0 Å². The molecule has 3 unspecified atom stereocenters. The molecule has 0 aromatic carbocycles. The Bertz CT molecular complexity index is 201. The minimum atomic E-state index is -1.32. The molecule has 0 aliphatic heterocycles. The maximum atomic E-state index is 9.12. The van der Waals surface area contributed by atoms with Gasteiger partial charge in [0.15, 0.2) is 11.8 Å². The van der Waals surface area contributed by atoms with Crippen molar-refractivity contribution in [2.45, 2.75) is 45.1 Å². The number of hydrogen-bond donors (Lipinski definition) is 1. The number of rotatable bonds is 1. The van der Waals surface area contributed by atoms with Gasteiger partial charge in [-0.1, -0.05) is 31.9 Å². The molecule has 0 radical (unpaired) electrons. The summed E-state index contributed by atoms with van der Waals surface area (Å²) in [6.45, 7) is 4.88. The topological polar surface area (TPSA) is 37.3 Å². The molecule has 0 aromatic heterocycles. The lowest BCUT2D eigenvalue weighted by molar-refractivity contribution is -0.111. The van der Waals surface area contributed by atoms with Crippen molar-refractivity contribution in [3.63, 3.8) is 0 Å². The third kappa shape index (κ3) is 2.96. The van der Waals surface area contributed by atoms with Gasteiger partial charge in [0.05, 0.1) is 0 Å². The summed E-state index contributed by atoms with van der Waals surface area (Å²) in [5.74, 6) is 2.20. The third-order valence-corrected chi connectivity index (χ3v) is 3.68. The van der Waals surface area contributed by atoms with Gasteiger partial charge >= 0.3 is 0 Å². The minimum absolute atomic E-state index is 0.238. The fourth-order valence-electron chi connectivity index (χ4n) is 2.88. The minimum Gasteiger partial charge on any atom is -0.371 e. The molecule has 1 N–H and O–H groups in total. The zero-order valence-electron chi connectivity index (χ0n) is 8.87. The molecule has 2 rings (SSSR count). The Morgan fingerprint density at radius 2 is 2.07 bits per heavy atom. The summed E-state index contributed by atoms with van der Waals surface area (Å²) in [5, 5.41) is 7.76. The quantitative estimate of drug-likeness (QED) is 0.543. The number of fused-ring (bicyclic) bond motifs is 2. The van der Waals surface area contributed by atoms with Crippen LogP contribution in [-0.2, 0) is 4.79 Å². The van der Waals surface area contributed by atoms with Gasteiger partial charge in [0.1, 0.15) is 0 Å². The lowest BCUT2D eigenvalue weighted by Gasteiger charge is -2.29. The first-order valence-electron chi connectivity index (χ1n) is 5.23. The summed E-state index contributed by atoms with van der Waals surface area (Å²) < 4.78 is 0. The number of alkyl halides is 1. The fraction of sp³-hybridized carbons (Fsp3) is 0.909. The molecule has 2 fully saturated rings. The van der Waals surface area contributed by atoms with Crippen LogP contribution in [0.2, 0.25) is 0 Å². The Morgan fingerprint density at radius 1 is 1.50 bits per heavy atom. The molecule has 14 heavy (non-hydrogen) atoms. The maximum absolute atomic E-state index is 9.12. The van der Waals surface area contributed by atoms with E-state index in [-0.39, 0.29) is 6.29 Å². The number of aldehydes is 1. The van der Waals surface area contributed by atoms with Gasteiger partial charge in [-0.25, -0.2) is 0 Å². The Balaban J connectivity index is 0.000000171. The van der Waals surface area contributed by atoms with Gasteiger partial charge in [-0.15, -0.1) is 0 Å². The van der Waals surface area contributed by atoms with Crippen LogP contribution in [0.25, 0.3) is 0 Å². The van der Waals surface area contributed by atoms with Gasteiger partial charge in [0, 0.05) is 0 Å². The lowest BCUT2D eigenvalue weighted by atomic mass is 9.77. The highest BCUT2D eigenvalue weighted by atomic mass is 35.5. The zero-order chi connectivity index (χ0) is 10.8. The molecule has 3 atom stereocenters. The second kappa shape index (κ2) is 4.63. The second-order valence-corrected chi connectivity index (χ2v) is 5.52. The molecule has 82 valence electrons. The van der Waals surface area contributed by atoms with Gasteiger partial charge in [0.25, 0.3) is 0 Å². The van der Waals surface area contributed by atoms with Crippen LogP contribution >= 0.6 is 11.6 Å². The summed E-state index contributed by atoms with van der Waals surface area (Å²) in [5.41, 5.74) is -0.613. The van der Waals surface area contributed by atoms with E-state index in [9.17, 15) is 0 Å². The van der Waals surface area contributed by atoms with E-state index in [0.29, 0.717) is 5.41 Å². The van der Waals surface area contributed by atoms with E-state index in [1.54, 1.807) is 6.42 Å². The fourth-order valence-corrected chi connectivity index (χ4v) is 2.88. The van der Waals surface area contributed by atoms with Gasteiger partial charge in [-0.05, 0) is 36.5 Å². The zero-order valence-corrected chi connectivity index (χ0v) is 9.63.